The molecule has 2 atom stereocenters. The number of hydrogen-bond donors (Lipinski definition) is 0. The molecular weight excluding hydrogens is 208 g/mol. The molecule has 4 nitrogen and oxygen atoms in total. The van der Waals surface area contributed by atoms with Gasteiger partial charge in [-0.3, -0.25) is 0 Å². The van der Waals surface area contributed by atoms with Crippen molar-refractivity contribution in [2.24, 2.45) is 0 Å². The van der Waals surface area contributed by atoms with Crippen LogP contribution >= 0.6 is 9.24 Å². The molecule has 0 saturated carbocycles. The first-order chi connectivity index (χ1) is 4.04. The van der Waals surface area contributed by atoms with Gasteiger partial charge in [-0.25, -0.2) is 0 Å². The molecule has 0 spiro atoms. The molecule has 0 bridgehead atoms. The van der Waals surface area contributed by atoms with Crippen molar-refractivity contribution in [2.75, 3.05) is 0 Å². The molecule has 0 saturated heterocycles. The van der Waals surface area contributed by atoms with Crippen LogP contribution in [0.25, 0.3) is 0 Å². The minimum Gasteiger partial charge on any atom is -0.550 e. The zero-order valence-corrected chi connectivity index (χ0v) is 9.32. The van der Waals surface area contributed by atoms with Crippen LogP contribution < -0.4 is 10.2 Å². The Kier molecular flexibility index (Phi) is 7.28. The predicted molar refractivity (Wildman–Crippen MR) is 28.1 cm³/mol. The van der Waals surface area contributed by atoms with Crippen LogP contribution in [0.2, 0.25) is 0 Å². The maximum Gasteiger partial charge on any atom is 2.00 e. The van der Waals surface area contributed by atoms with Gasteiger partial charge in [0, 0.05) is 17.6 Å². The molecule has 0 aromatic heterocycles. The maximum absolute atomic E-state index is 9.81. The van der Waals surface area contributed by atoms with Crippen LogP contribution in [0, 0.1) is 0 Å². The zero-order valence-electron chi connectivity index (χ0n) is 5.20. The number of aliphatic carboxylic acids is 2. The number of rotatable bonds is 3. The molecule has 2 unspecified atom stereocenters. The molecule has 0 rings (SSSR count). The van der Waals surface area contributed by atoms with Gasteiger partial charge in [-0.2, -0.15) is 0 Å². The van der Waals surface area contributed by atoms with E-state index in [1.807, 2.05) is 9.24 Å². The van der Waals surface area contributed by atoms with Crippen LogP contribution in [-0.4, -0.2) is 17.6 Å². The van der Waals surface area contributed by atoms with Gasteiger partial charge in [0.15, 0.2) is 0 Å². The van der Waals surface area contributed by atoms with E-state index in [2.05, 4.69) is 0 Å². The minimum absolute atomic E-state index is 0. The molecule has 0 aliphatic rings. The van der Waals surface area contributed by atoms with Crippen LogP contribution in [0.5, 0.6) is 0 Å². The second-order valence-electron chi connectivity index (χ2n) is 1.50. The van der Waals surface area contributed by atoms with Gasteiger partial charge in [0.25, 0.3) is 0 Å². The number of carbonyl (C=O) groups is 2. The van der Waals surface area contributed by atoms with E-state index in [0.717, 1.165) is 0 Å². The van der Waals surface area contributed by atoms with E-state index in [4.69, 9.17) is 0 Å². The third kappa shape index (κ3) is 6.12. The quantitative estimate of drug-likeness (QED) is 0.372. The molecule has 0 radical (unpaired) electrons. The van der Waals surface area contributed by atoms with E-state index in [1.165, 1.54) is 0 Å². The third-order valence-corrected chi connectivity index (χ3v) is 1.20. The van der Waals surface area contributed by atoms with Crippen molar-refractivity contribution in [2.45, 2.75) is 12.1 Å². The Morgan fingerprint density at radius 3 is 1.90 bits per heavy atom. The van der Waals surface area contributed by atoms with Gasteiger partial charge in [-0.05, 0) is 6.42 Å². The van der Waals surface area contributed by atoms with Crippen LogP contribution in [0.1, 0.15) is 6.42 Å². The molecule has 0 amide bonds. The largest absolute Gasteiger partial charge is 2.00 e. The SMILES string of the molecule is O=C([O-])CC(P)C(=O)[O-].[Zn+2]. The summed E-state index contributed by atoms with van der Waals surface area (Å²) in [5.41, 5.74) is -1.05. The van der Waals surface area contributed by atoms with Crippen LogP contribution in [-0.2, 0) is 29.1 Å². The number of carboxylic acid groups (broad SMARTS) is 2. The summed E-state index contributed by atoms with van der Waals surface area (Å²) in [6.45, 7) is 0. The summed E-state index contributed by atoms with van der Waals surface area (Å²) in [6, 6.07) is 0. The molecule has 0 heterocycles. The molecule has 10 heavy (non-hydrogen) atoms. The molecule has 0 N–H and O–H groups in total. The fourth-order valence-electron chi connectivity index (χ4n) is 0.263. The molecule has 6 heteroatoms. The van der Waals surface area contributed by atoms with Crippen molar-refractivity contribution in [3.8, 4) is 0 Å². The molecule has 0 aliphatic heterocycles. The van der Waals surface area contributed by atoms with Gasteiger partial charge in [-0.1, -0.05) is 0 Å². The summed E-state index contributed by atoms with van der Waals surface area (Å²) in [5, 5.41) is 19.5. The van der Waals surface area contributed by atoms with Crippen molar-refractivity contribution in [3.63, 3.8) is 0 Å². The minimum atomic E-state index is -1.40. The Hall–Kier alpha value is -0.00662. The summed E-state index contributed by atoms with van der Waals surface area (Å²) in [4.78, 5) is 19.5. The second kappa shape index (κ2) is 5.75. The monoisotopic (exact) mass is 212 g/mol. The van der Waals surface area contributed by atoms with Crippen LogP contribution in [0.3, 0.4) is 0 Å². The first kappa shape index (κ1) is 12.7. The van der Waals surface area contributed by atoms with E-state index in [0.29, 0.717) is 0 Å². The predicted octanol–water partition coefficient (Wildman–Crippen LogP) is -2.88. The number of hydrogen-bond acceptors (Lipinski definition) is 4. The van der Waals surface area contributed by atoms with E-state index in [9.17, 15) is 19.8 Å². The van der Waals surface area contributed by atoms with Gasteiger partial charge in [0.1, 0.15) is 0 Å². The van der Waals surface area contributed by atoms with Crippen LogP contribution in [0.4, 0.5) is 0 Å². The first-order valence-electron chi connectivity index (χ1n) is 2.20. The summed E-state index contributed by atoms with van der Waals surface area (Å²) < 4.78 is 0. The van der Waals surface area contributed by atoms with E-state index in [1.54, 1.807) is 0 Å². The zero-order chi connectivity index (χ0) is 7.44. The van der Waals surface area contributed by atoms with Crippen molar-refractivity contribution in [3.05, 3.63) is 0 Å². The Morgan fingerprint density at radius 2 is 1.80 bits per heavy atom. The number of carbonyl (C=O) groups excluding carboxylic acids is 2. The van der Waals surface area contributed by atoms with Gasteiger partial charge in [0.2, 0.25) is 0 Å². The average Bonchev–Trinajstić information content (AvgIpc) is 1.63. The molecule has 0 aromatic rings. The summed E-state index contributed by atoms with van der Waals surface area (Å²) in [5.74, 6) is -2.79. The van der Waals surface area contributed by atoms with Gasteiger partial charge < -0.3 is 19.8 Å². The Labute approximate surface area is 73.0 Å². The molecule has 52 valence electrons. The van der Waals surface area contributed by atoms with Gasteiger partial charge >= 0.3 is 19.5 Å². The number of carboxylic acids is 2. The maximum atomic E-state index is 9.81. The van der Waals surface area contributed by atoms with Crippen molar-refractivity contribution < 1.29 is 39.3 Å². The first-order valence-corrected chi connectivity index (χ1v) is 2.87. The van der Waals surface area contributed by atoms with Gasteiger partial charge in [0.05, 0.1) is 0 Å². The second-order valence-corrected chi connectivity index (χ2v) is 2.31. The fourth-order valence-corrected chi connectivity index (χ4v) is 0.455. The standard InChI is InChI=1S/C4H7O4P.Zn/c5-3(6)1-2(9)4(7)8;/h2H,1,9H2,(H,5,6)(H,7,8);/q;+2/p-2. The molecular formula is C4H5O4PZn. The normalized spacial score (nSPS) is 11.3. The summed E-state index contributed by atoms with van der Waals surface area (Å²) in [7, 11) is 1.83. The van der Waals surface area contributed by atoms with E-state index in [-0.39, 0.29) is 19.5 Å². The van der Waals surface area contributed by atoms with E-state index >= 15 is 0 Å². The Balaban J connectivity index is 0. The van der Waals surface area contributed by atoms with Crippen LogP contribution in [0.15, 0.2) is 0 Å². The van der Waals surface area contributed by atoms with Crippen molar-refractivity contribution >= 4 is 21.2 Å². The van der Waals surface area contributed by atoms with Crippen molar-refractivity contribution in [1.29, 1.82) is 0 Å². The van der Waals surface area contributed by atoms with Crippen molar-refractivity contribution in [1.82, 2.24) is 0 Å². The summed E-state index contributed by atoms with van der Waals surface area (Å²) in [6.07, 6.45) is -0.521. The fraction of sp³-hybridized carbons (Fsp3) is 0.500. The molecule has 0 fully saturated rings. The topological polar surface area (TPSA) is 80.3 Å². The molecule has 0 aromatic carbocycles. The smallest absolute Gasteiger partial charge is 0.550 e. The summed E-state index contributed by atoms with van der Waals surface area (Å²) >= 11 is 0. The molecule has 0 aliphatic carbocycles. The third-order valence-electron chi connectivity index (χ3n) is 0.689. The van der Waals surface area contributed by atoms with Gasteiger partial charge in [-0.15, -0.1) is 9.24 Å². The average molecular weight is 213 g/mol. The Morgan fingerprint density at radius 1 is 1.40 bits per heavy atom. The Bertz CT molecular complexity index is 137. The van der Waals surface area contributed by atoms with E-state index < -0.39 is 24.0 Å².